The average Bonchev–Trinajstić information content (AvgIpc) is 1.85. The highest BCUT2D eigenvalue weighted by Gasteiger charge is 2.04. The summed E-state index contributed by atoms with van der Waals surface area (Å²) in [5.41, 5.74) is 0. The van der Waals surface area contributed by atoms with E-state index in [2.05, 4.69) is 35.7 Å². The summed E-state index contributed by atoms with van der Waals surface area (Å²) in [6, 6.07) is 5.63. The standard InChI is InChI=1S/C8H11IOSi/c1-11(2)8-4-3-6(10)5-7(8)9/h3-5,10-11H,1-2H3. The summed E-state index contributed by atoms with van der Waals surface area (Å²) in [6.07, 6.45) is 0. The second-order valence-corrected chi connectivity index (χ2v) is 6.95. The van der Waals surface area contributed by atoms with Crippen LogP contribution in [0.25, 0.3) is 0 Å². The van der Waals surface area contributed by atoms with Crippen LogP contribution >= 0.6 is 22.6 Å². The first-order valence-corrected chi connectivity index (χ1v) is 7.56. The minimum absolute atomic E-state index is 0.368. The van der Waals surface area contributed by atoms with E-state index in [4.69, 9.17) is 5.11 Å². The molecule has 1 aromatic rings. The molecule has 0 aromatic heterocycles. The topological polar surface area (TPSA) is 20.2 Å². The summed E-state index contributed by atoms with van der Waals surface area (Å²) in [4.78, 5) is 0. The molecule has 0 aliphatic carbocycles. The molecule has 11 heavy (non-hydrogen) atoms. The molecule has 0 atom stereocenters. The second-order valence-electron chi connectivity index (χ2n) is 2.86. The first-order chi connectivity index (χ1) is 5.11. The van der Waals surface area contributed by atoms with E-state index in [0.29, 0.717) is 5.75 Å². The van der Waals surface area contributed by atoms with Gasteiger partial charge in [-0.25, -0.2) is 0 Å². The molecule has 0 spiro atoms. The van der Waals surface area contributed by atoms with Crippen LogP contribution in [0.1, 0.15) is 0 Å². The van der Waals surface area contributed by atoms with Crippen molar-refractivity contribution in [2.75, 3.05) is 0 Å². The van der Waals surface area contributed by atoms with Gasteiger partial charge in [0, 0.05) is 3.57 Å². The van der Waals surface area contributed by atoms with E-state index in [9.17, 15) is 0 Å². The van der Waals surface area contributed by atoms with Gasteiger partial charge in [0.2, 0.25) is 0 Å². The zero-order valence-corrected chi connectivity index (χ0v) is 9.95. The average molecular weight is 278 g/mol. The lowest BCUT2D eigenvalue weighted by atomic mass is 10.3. The highest BCUT2D eigenvalue weighted by atomic mass is 127. The number of aromatic hydroxyl groups is 1. The van der Waals surface area contributed by atoms with Crippen LogP contribution in [0.15, 0.2) is 18.2 Å². The lowest BCUT2D eigenvalue weighted by Gasteiger charge is -2.06. The molecule has 0 radical (unpaired) electrons. The van der Waals surface area contributed by atoms with Gasteiger partial charge < -0.3 is 5.11 Å². The molecule has 1 nitrogen and oxygen atoms in total. The molecular weight excluding hydrogens is 267 g/mol. The van der Waals surface area contributed by atoms with E-state index >= 15 is 0 Å². The first-order valence-electron chi connectivity index (χ1n) is 3.59. The number of phenols is 1. The fourth-order valence-corrected chi connectivity index (χ4v) is 4.47. The fraction of sp³-hybridized carbons (Fsp3) is 0.250. The Morgan fingerprint density at radius 2 is 2.00 bits per heavy atom. The van der Waals surface area contributed by atoms with Crippen LogP contribution in [0.5, 0.6) is 5.75 Å². The molecule has 0 aliphatic rings. The van der Waals surface area contributed by atoms with Gasteiger partial charge in [-0.2, -0.15) is 0 Å². The molecule has 0 bridgehead atoms. The van der Waals surface area contributed by atoms with E-state index in [0.717, 1.165) is 0 Å². The summed E-state index contributed by atoms with van der Waals surface area (Å²) in [6.45, 7) is 4.57. The molecule has 0 amide bonds. The molecule has 1 N–H and O–H groups in total. The summed E-state index contributed by atoms with van der Waals surface area (Å²) in [5.74, 6) is 0.368. The Labute approximate surface area is 82.2 Å². The van der Waals surface area contributed by atoms with E-state index in [1.165, 1.54) is 8.76 Å². The molecular formula is C8H11IOSi. The first kappa shape index (κ1) is 9.06. The molecule has 0 aliphatic heterocycles. The quantitative estimate of drug-likeness (QED) is 0.612. The van der Waals surface area contributed by atoms with Crippen LogP contribution in [-0.4, -0.2) is 13.9 Å². The monoisotopic (exact) mass is 278 g/mol. The van der Waals surface area contributed by atoms with Crippen molar-refractivity contribution in [3.8, 4) is 5.75 Å². The van der Waals surface area contributed by atoms with Crippen molar-refractivity contribution in [1.82, 2.24) is 0 Å². The SMILES string of the molecule is C[SiH](C)c1ccc(O)cc1I. The fourth-order valence-electron chi connectivity index (χ4n) is 0.984. The Kier molecular flexibility index (Phi) is 2.95. The van der Waals surface area contributed by atoms with Gasteiger partial charge in [-0.15, -0.1) is 0 Å². The van der Waals surface area contributed by atoms with Crippen molar-refractivity contribution in [1.29, 1.82) is 0 Å². The minimum atomic E-state index is -0.707. The molecule has 60 valence electrons. The number of rotatable bonds is 1. The van der Waals surface area contributed by atoms with Crippen LogP contribution in [0.4, 0.5) is 0 Å². The van der Waals surface area contributed by atoms with Crippen LogP contribution in [-0.2, 0) is 0 Å². The minimum Gasteiger partial charge on any atom is -0.508 e. The summed E-state index contributed by atoms with van der Waals surface area (Å²) in [7, 11) is -0.707. The molecule has 0 heterocycles. The largest absolute Gasteiger partial charge is 0.508 e. The number of hydrogen-bond donors (Lipinski definition) is 1. The van der Waals surface area contributed by atoms with Gasteiger partial charge in [0.05, 0.1) is 8.80 Å². The number of phenolic OH excluding ortho intramolecular Hbond substituents is 1. The second kappa shape index (κ2) is 3.58. The van der Waals surface area contributed by atoms with Gasteiger partial charge in [0.15, 0.2) is 0 Å². The van der Waals surface area contributed by atoms with Crippen LogP contribution in [0.2, 0.25) is 13.1 Å². The summed E-state index contributed by atoms with van der Waals surface area (Å²) >= 11 is 2.28. The highest BCUT2D eigenvalue weighted by Crippen LogP contribution is 2.11. The van der Waals surface area contributed by atoms with Gasteiger partial charge in [0.1, 0.15) is 5.75 Å². The molecule has 1 rings (SSSR count). The van der Waals surface area contributed by atoms with E-state index < -0.39 is 8.80 Å². The maximum absolute atomic E-state index is 9.13. The molecule has 0 unspecified atom stereocenters. The Hall–Kier alpha value is -0.0331. The summed E-state index contributed by atoms with van der Waals surface area (Å²) in [5, 5.41) is 10.6. The Bertz CT molecular complexity index is 260. The van der Waals surface area contributed by atoms with Gasteiger partial charge in [-0.3, -0.25) is 0 Å². The third-order valence-electron chi connectivity index (χ3n) is 1.61. The predicted octanol–water partition coefficient (Wildman–Crippen LogP) is 1.69. The zero-order chi connectivity index (χ0) is 8.43. The Morgan fingerprint density at radius 1 is 1.36 bits per heavy atom. The van der Waals surface area contributed by atoms with Gasteiger partial charge >= 0.3 is 0 Å². The van der Waals surface area contributed by atoms with Gasteiger partial charge in [-0.1, -0.05) is 24.3 Å². The Balaban J connectivity index is 3.09. The summed E-state index contributed by atoms with van der Waals surface area (Å²) < 4.78 is 1.20. The van der Waals surface area contributed by atoms with Crippen molar-refractivity contribution in [2.45, 2.75) is 13.1 Å². The van der Waals surface area contributed by atoms with Crippen molar-refractivity contribution in [3.05, 3.63) is 21.8 Å². The molecule has 3 heteroatoms. The highest BCUT2D eigenvalue weighted by molar-refractivity contribution is 14.1. The van der Waals surface area contributed by atoms with Crippen molar-refractivity contribution in [2.24, 2.45) is 0 Å². The maximum atomic E-state index is 9.13. The molecule has 0 fully saturated rings. The third kappa shape index (κ3) is 2.20. The molecule has 1 aromatic carbocycles. The zero-order valence-electron chi connectivity index (χ0n) is 6.63. The van der Waals surface area contributed by atoms with Gasteiger partial charge in [-0.05, 0) is 34.7 Å². The van der Waals surface area contributed by atoms with E-state index in [1.54, 1.807) is 6.07 Å². The maximum Gasteiger partial charge on any atom is 0.116 e. The lowest BCUT2D eigenvalue weighted by molar-refractivity contribution is 0.475. The predicted molar refractivity (Wildman–Crippen MR) is 59.3 cm³/mol. The number of hydrogen-bond acceptors (Lipinski definition) is 1. The number of halogens is 1. The van der Waals surface area contributed by atoms with E-state index in [-0.39, 0.29) is 0 Å². The normalized spacial score (nSPS) is 10.5. The van der Waals surface area contributed by atoms with Crippen LogP contribution in [0.3, 0.4) is 0 Å². The van der Waals surface area contributed by atoms with Crippen LogP contribution < -0.4 is 5.19 Å². The van der Waals surface area contributed by atoms with E-state index in [1.807, 2.05) is 12.1 Å². The smallest absolute Gasteiger partial charge is 0.116 e. The molecule has 0 saturated heterocycles. The van der Waals surface area contributed by atoms with Crippen molar-refractivity contribution in [3.63, 3.8) is 0 Å². The van der Waals surface area contributed by atoms with Gasteiger partial charge in [0.25, 0.3) is 0 Å². The van der Waals surface area contributed by atoms with Crippen molar-refractivity contribution >= 4 is 36.6 Å². The number of benzene rings is 1. The Morgan fingerprint density at radius 3 is 2.45 bits per heavy atom. The van der Waals surface area contributed by atoms with Crippen LogP contribution in [0, 0.1) is 3.57 Å². The third-order valence-corrected chi connectivity index (χ3v) is 4.88. The lowest BCUT2D eigenvalue weighted by Crippen LogP contribution is -2.25. The molecule has 0 saturated carbocycles. The van der Waals surface area contributed by atoms with Crippen molar-refractivity contribution < 1.29 is 5.11 Å².